The Labute approximate surface area is 170 Å². The molecule has 148 valence electrons. The van der Waals surface area contributed by atoms with Gasteiger partial charge in [-0.1, -0.05) is 35.9 Å². The Morgan fingerprint density at radius 2 is 1.90 bits per heavy atom. The Morgan fingerprint density at radius 1 is 1.07 bits per heavy atom. The molecular formula is C24H24N2O3. The van der Waals surface area contributed by atoms with Crippen LogP contribution in [0.3, 0.4) is 0 Å². The first-order chi connectivity index (χ1) is 14.1. The van der Waals surface area contributed by atoms with E-state index in [4.69, 9.17) is 4.42 Å². The van der Waals surface area contributed by atoms with Crippen molar-refractivity contribution in [2.45, 2.75) is 32.7 Å². The minimum absolute atomic E-state index is 0.00940. The highest BCUT2D eigenvalue weighted by Crippen LogP contribution is 2.24. The molecule has 1 aliphatic heterocycles. The first-order valence-corrected chi connectivity index (χ1v) is 9.88. The van der Waals surface area contributed by atoms with Crippen molar-refractivity contribution >= 4 is 17.5 Å². The fourth-order valence-corrected chi connectivity index (χ4v) is 3.60. The lowest BCUT2D eigenvalue weighted by atomic mass is 9.98. The maximum absolute atomic E-state index is 12.5. The number of anilines is 1. The molecule has 5 nitrogen and oxygen atoms in total. The third-order valence-corrected chi connectivity index (χ3v) is 5.28. The minimum Gasteiger partial charge on any atom is -0.459 e. The van der Waals surface area contributed by atoms with Gasteiger partial charge in [-0.25, -0.2) is 0 Å². The van der Waals surface area contributed by atoms with Crippen LogP contribution in [0.2, 0.25) is 0 Å². The topological polar surface area (TPSA) is 62.6 Å². The molecule has 29 heavy (non-hydrogen) atoms. The summed E-state index contributed by atoms with van der Waals surface area (Å²) in [6, 6.07) is 17.6. The summed E-state index contributed by atoms with van der Waals surface area (Å²) < 4.78 is 5.23. The van der Waals surface area contributed by atoms with E-state index in [9.17, 15) is 9.59 Å². The highest BCUT2D eigenvalue weighted by atomic mass is 16.3. The van der Waals surface area contributed by atoms with Gasteiger partial charge in [-0.05, 0) is 60.7 Å². The predicted molar refractivity (Wildman–Crippen MR) is 112 cm³/mol. The van der Waals surface area contributed by atoms with Crippen LogP contribution in [0.25, 0.3) is 0 Å². The van der Waals surface area contributed by atoms with Crippen molar-refractivity contribution in [1.29, 1.82) is 0 Å². The zero-order valence-corrected chi connectivity index (χ0v) is 16.5. The second-order valence-electron chi connectivity index (χ2n) is 7.47. The van der Waals surface area contributed by atoms with Gasteiger partial charge in [-0.2, -0.15) is 0 Å². The number of aryl methyl sites for hydroxylation is 2. The molecule has 0 spiro atoms. The van der Waals surface area contributed by atoms with Crippen LogP contribution in [0.4, 0.5) is 5.69 Å². The number of carbonyl (C=O) groups excluding carboxylic acids is 2. The van der Waals surface area contributed by atoms with Crippen LogP contribution in [0, 0.1) is 6.92 Å². The molecule has 1 N–H and O–H groups in total. The Morgan fingerprint density at radius 3 is 2.66 bits per heavy atom. The van der Waals surface area contributed by atoms with Crippen molar-refractivity contribution in [3.8, 4) is 0 Å². The first-order valence-electron chi connectivity index (χ1n) is 9.88. The summed E-state index contributed by atoms with van der Waals surface area (Å²) in [5.74, 6) is 0.243. The average molecular weight is 388 g/mol. The molecule has 0 fully saturated rings. The fourth-order valence-electron chi connectivity index (χ4n) is 3.60. The molecule has 0 aliphatic carbocycles. The Hall–Kier alpha value is -3.34. The van der Waals surface area contributed by atoms with Crippen molar-refractivity contribution in [3.05, 3.63) is 88.9 Å². The van der Waals surface area contributed by atoms with E-state index < -0.39 is 0 Å². The van der Waals surface area contributed by atoms with Gasteiger partial charge in [0.15, 0.2) is 5.76 Å². The summed E-state index contributed by atoms with van der Waals surface area (Å²) >= 11 is 0. The zero-order valence-electron chi connectivity index (χ0n) is 16.5. The largest absolute Gasteiger partial charge is 0.459 e. The number of rotatable bonds is 5. The van der Waals surface area contributed by atoms with Gasteiger partial charge < -0.3 is 14.6 Å². The molecule has 5 heteroatoms. The maximum Gasteiger partial charge on any atom is 0.289 e. The van der Waals surface area contributed by atoms with Crippen molar-refractivity contribution in [1.82, 2.24) is 4.90 Å². The number of fused-ring (bicyclic) bond motifs is 1. The third kappa shape index (κ3) is 4.57. The zero-order chi connectivity index (χ0) is 20.2. The standard InChI is InChI=1S/C24H24N2O3/c1-17-4-6-18(7-5-17)8-11-23(27)25-21-10-9-19-12-13-26(16-20(19)15-21)24(28)22-3-2-14-29-22/h2-7,9-10,14-15H,8,11-13,16H2,1H3,(H,25,27). The van der Waals surface area contributed by atoms with E-state index in [1.807, 2.05) is 18.2 Å². The van der Waals surface area contributed by atoms with E-state index in [2.05, 4.69) is 36.5 Å². The van der Waals surface area contributed by atoms with Gasteiger partial charge in [0.25, 0.3) is 5.91 Å². The average Bonchev–Trinajstić information content (AvgIpc) is 3.27. The van der Waals surface area contributed by atoms with Gasteiger partial charge in [0.05, 0.1) is 6.26 Å². The number of carbonyl (C=O) groups is 2. The summed E-state index contributed by atoms with van der Waals surface area (Å²) in [5.41, 5.74) is 5.42. The number of furan rings is 1. The molecule has 1 aromatic heterocycles. The van der Waals surface area contributed by atoms with Gasteiger partial charge in [0.1, 0.15) is 0 Å². The number of nitrogens with one attached hydrogen (secondary N) is 1. The van der Waals surface area contributed by atoms with Crippen molar-refractivity contribution in [2.24, 2.45) is 0 Å². The van der Waals surface area contributed by atoms with Crippen LogP contribution in [0.5, 0.6) is 0 Å². The molecule has 2 heterocycles. The second kappa shape index (κ2) is 8.35. The first kappa shape index (κ1) is 19.0. The molecular weight excluding hydrogens is 364 g/mol. The lowest BCUT2D eigenvalue weighted by Gasteiger charge is -2.28. The molecule has 1 aliphatic rings. The summed E-state index contributed by atoms with van der Waals surface area (Å²) in [4.78, 5) is 26.7. The molecule has 2 aromatic carbocycles. The van der Waals surface area contributed by atoms with Crippen LogP contribution >= 0.6 is 0 Å². The van der Waals surface area contributed by atoms with Gasteiger partial charge >= 0.3 is 0 Å². The molecule has 2 amide bonds. The molecule has 4 rings (SSSR count). The summed E-state index contributed by atoms with van der Waals surface area (Å²) in [6.07, 6.45) is 3.45. The van der Waals surface area contributed by atoms with E-state index in [1.165, 1.54) is 17.4 Å². The number of nitrogens with zero attached hydrogens (tertiary/aromatic N) is 1. The number of benzene rings is 2. The summed E-state index contributed by atoms with van der Waals surface area (Å²) in [6.45, 7) is 3.23. The van der Waals surface area contributed by atoms with Gasteiger partial charge in [0, 0.05) is 25.2 Å². The Kier molecular flexibility index (Phi) is 5.47. The Balaban J connectivity index is 1.37. The van der Waals surface area contributed by atoms with Crippen molar-refractivity contribution in [2.75, 3.05) is 11.9 Å². The van der Waals surface area contributed by atoms with Crippen LogP contribution in [0.1, 0.15) is 39.2 Å². The van der Waals surface area contributed by atoms with Gasteiger partial charge in [-0.3, -0.25) is 9.59 Å². The fraction of sp³-hybridized carbons (Fsp3) is 0.250. The molecule has 0 radical (unpaired) electrons. The van der Waals surface area contributed by atoms with Crippen LogP contribution < -0.4 is 5.32 Å². The second-order valence-corrected chi connectivity index (χ2v) is 7.47. The highest BCUT2D eigenvalue weighted by molar-refractivity contribution is 5.92. The van der Waals surface area contributed by atoms with Crippen LogP contribution in [0.15, 0.2) is 65.3 Å². The lowest BCUT2D eigenvalue weighted by Crippen LogP contribution is -2.35. The number of amides is 2. The van der Waals surface area contributed by atoms with E-state index in [1.54, 1.807) is 17.0 Å². The predicted octanol–water partition coefficient (Wildman–Crippen LogP) is 4.36. The monoisotopic (exact) mass is 388 g/mol. The number of hydrogen-bond donors (Lipinski definition) is 1. The molecule has 3 aromatic rings. The lowest BCUT2D eigenvalue weighted by molar-refractivity contribution is -0.116. The molecule has 0 saturated carbocycles. The van der Waals surface area contributed by atoms with E-state index >= 15 is 0 Å². The van der Waals surface area contributed by atoms with Crippen LogP contribution in [-0.4, -0.2) is 23.3 Å². The SMILES string of the molecule is Cc1ccc(CCC(=O)Nc2ccc3c(c2)CN(C(=O)c2ccco2)CC3)cc1. The quantitative estimate of drug-likeness (QED) is 0.706. The van der Waals surface area contributed by atoms with E-state index in [-0.39, 0.29) is 11.8 Å². The number of hydrogen-bond acceptors (Lipinski definition) is 3. The van der Waals surface area contributed by atoms with E-state index in [0.29, 0.717) is 31.7 Å². The summed E-state index contributed by atoms with van der Waals surface area (Å²) in [7, 11) is 0. The highest BCUT2D eigenvalue weighted by Gasteiger charge is 2.23. The van der Waals surface area contributed by atoms with Crippen molar-refractivity contribution < 1.29 is 14.0 Å². The van der Waals surface area contributed by atoms with E-state index in [0.717, 1.165) is 23.2 Å². The Bertz CT molecular complexity index is 1010. The minimum atomic E-state index is -0.104. The summed E-state index contributed by atoms with van der Waals surface area (Å²) in [5, 5.41) is 2.98. The third-order valence-electron chi connectivity index (χ3n) is 5.28. The molecule has 0 atom stereocenters. The van der Waals surface area contributed by atoms with Gasteiger partial charge in [0.2, 0.25) is 5.91 Å². The molecule has 0 bridgehead atoms. The maximum atomic E-state index is 12.5. The van der Waals surface area contributed by atoms with Crippen LogP contribution in [-0.2, 0) is 24.2 Å². The molecule has 0 saturated heterocycles. The smallest absolute Gasteiger partial charge is 0.289 e. The molecule has 0 unspecified atom stereocenters. The van der Waals surface area contributed by atoms with Gasteiger partial charge in [-0.15, -0.1) is 0 Å². The van der Waals surface area contributed by atoms with Crippen molar-refractivity contribution in [3.63, 3.8) is 0 Å². The normalized spacial score (nSPS) is 13.1.